The summed E-state index contributed by atoms with van der Waals surface area (Å²) in [5, 5.41) is 9.35. The number of aliphatic carboxylic acids is 1. The van der Waals surface area contributed by atoms with Crippen molar-refractivity contribution >= 4 is 17.8 Å². The lowest BCUT2D eigenvalue weighted by Gasteiger charge is -2.40. The second kappa shape index (κ2) is 7.44. The third-order valence-electron chi connectivity index (χ3n) is 5.61. The van der Waals surface area contributed by atoms with Crippen LogP contribution in [-0.2, 0) is 15.8 Å². The van der Waals surface area contributed by atoms with E-state index >= 15 is 0 Å². The predicted octanol–water partition coefficient (Wildman–Crippen LogP) is 2.63. The zero-order valence-electron chi connectivity index (χ0n) is 15.2. The molecule has 1 aliphatic heterocycles. The number of alkyl halides is 3. The van der Waals surface area contributed by atoms with E-state index in [0.717, 1.165) is 18.6 Å². The van der Waals surface area contributed by atoms with Crippen molar-refractivity contribution in [3.63, 3.8) is 0 Å². The largest absolute Gasteiger partial charge is 0.481 e. The SMILES string of the molecule is O=C(CC1(C(=O)O)CCC1)N1CCN(C(=O)c2cccc(C(F)(F)F)c2)CC1. The van der Waals surface area contributed by atoms with Crippen LogP contribution < -0.4 is 0 Å². The first-order chi connectivity index (χ1) is 13.1. The molecule has 0 unspecified atom stereocenters. The number of carbonyl (C=O) groups is 3. The number of carboxylic acid groups (broad SMARTS) is 1. The number of rotatable bonds is 4. The van der Waals surface area contributed by atoms with Crippen LogP contribution in [0, 0.1) is 5.41 Å². The first-order valence-electron chi connectivity index (χ1n) is 9.10. The summed E-state index contributed by atoms with van der Waals surface area (Å²) in [4.78, 5) is 39.3. The van der Waals surface area contributed by atoms with Gasteiger partial charge in [0.25, 0.3) is 5.91 Å². The van der Waals surface area contributed by atoms with Gasteiger partial charge in [0, 0.05) is 38.2 Å². The van der Waals surface area contributed by atoms with Gasteiger partial charge in [0.15, 0.2) is 0 Å². The predicted molar refractivity (Wildman–Crippen MR) is 92.5 cm³/mol. The number of nitrogens with zero attached hydrogens (tertiary/aromatic N) is 2. The molecule has 152 valence electrons. The van der Waals surface area contributed by atoms with E-state index in [2.05, 4.69) is 0 Å². The minimum absolute atomic E-state index is 0.0473. The van der Waals surface area contributed by atoms with Crippen molar-refractivity contribution in [2.75, 3.05) is 26.2 Å². The van der Waals surface area contributed by atoms with Crippen molar-refractivity contribution in [3.05, 3.63) is 35.4 Å². The molecule has 2 aliphatic rings. The van der Waals surface area contributed by atoms with E-state index < -0.39 is 29.0 Å². The van der Waals surface area contributed by atoms with Crippen molar-refractivity contribution in [1.82, 2.24) is 9.80 Å². The molecule has 1 N–H and O–H groups in total. The van der Waals surface area contributed by atoms with Crippen LogP contribution in [0.1, 0.15) is 41.6 Å². The first kappa shape index (κ1) is 20.2. The Hall–Kier alpha value is -2.58. The van der Waals surface area contributed by atoms with Gasteiger partial charge in [-0.2, -0.15) is 13.2 Å². The lowest BCUT2D eigenvalue weighted by atomic mass is 9.66. The minimum atomic E-state index is -4.52. The molecule has 0 spiro atoms. The first-order valence-corrected chi connectivity index (χ1v) is 9.10. The molecule has 0 bridgehead atoms. The van der Waals surface area contributed by atoms with Gasteiger partial charge in [0.1, 0.15) is 0 Å². The molecule has 1 aromatic carbocycles. The number of hydrogen-bond acceptors (Lipinski definition) is 3. The summed E-state index contributed by atoms with van der Waals surface area (Å²) < 4.78 is 38.5. The molecule has 0 radical (unpaired) electrons. The van der Waals surface area contributed by atoms with E-state index in [-0.39, 0.29) is 44.1 Å². The maximum atomic E-state index is 12.8. The quantitative estimate of drug-likeness (QED) is 0.846. The van der Waals surface area contributed by atoms with Gasteiger partial charge in [-0.3, -0.25) is 14.4 Å². The van der Waals surface area contributed by atoms with E-state index in [1.807, 2.05) is 0 Å². The third-order valence-corrected chi connectivity index (χ3v) is 5.61. The second-order valence-electron chi connectivity index (χ2n) is 7.37. The monoisotopic (exact) mass is 398 g/mol. The minimum Gasteiger partial charge on any atom is -0.481 e. The number of benzene rings is 1. The summed E-state index contributed by atoms with van der Waals surface area (Å²) in [5.41, 5.74) is -1.90. The van der Waals surface area contributed by atoms with Crippen molar-refractivity contribution < 1.29 is 32.7 Å². The van der Waals surface area contributed by atoms with E-state index in [9.17, 15) is 32.7 Å². The Kier molecular flexibility index (Phi) is 5.36. The Morgan fingerprint density at radius 1 is 1.04 bits per heavy atom. The van der Waals surface area contributed by atoms with Crippen molar-refractivity contribution in [2.24, 2.45) is 5.41 Å². The Balaban J connectivity index is 1.59. The van der Waals surface area contributed by atoms with Crippen LogP contribution in [0.5, 0.6) is 0 Å². The highest BCUT2D eigenvalue weighted by molar-refractivity contribution is 5.94. The normalized spacial score (nSPS) is 19.1. The van der Waals surface area contributed by atoms with Crippen molar-refractivity contribution in [3.8, 4) is 0 Å². The highest BCUT2D eigenvalue weighted by Crippen LogP contribution is 2.44. The molecule has 2 fully saturated rings. The number of hydrogen-bond donors (Lipinski definition) is 1. The van der Waals surface area contributed by atoms with Crippen molar-refractivity contribution in [2.45, 2.75) is 31.9 Å². The van der Waals surface area contributed by atoms with Gasteiger partial charge in [-0.1, -0.05) is 12.5 Å². The molecular formula is C19H21F3N2O4. The maximum Gasteiger partial charge on any atom is 0.416 e. The van der Waals surface area contributed by atoms with E-state index in [1.165, 1.54) is 21.9 Å². The van der Waals surface area contributed by atoms with Crippen LogP contribution in [0.2, 0.25) is 0 Å². The summed E-state index contributed by atoms with van der Waals surface area (Å²) in [6.07, 6.45) is -2.81. The molecule has 0 atom stereocenters. The molecule has 1 saturated heterocycles. The lowest BCUT2D eigenvalue weighted by Crippen LogP contribution is -2.52. The summed E-state index contributed by atoms with van der Waals surface area (Å²) in [7, 11) is 0. The fourth-order valence-electron chi connectivity index (χ4n) is 3.64. The molecule has 2 amide bonds. The van der Waals surface area contributed by atoms with Gasteiger partial charge in [-0.15, -0.1) is 0 Å². The molecule has 0 aromatic heterocycles. The van der Waals surface area contributed by atoms with Gasteiger partial charge in [0.05, 0.1) is 11.0 Å². The third kappa shape index (κ3) is 3.98. The Labute approximate surface area is 159 Å². The highest BCUT2D eigenvalue weighted by atomic mass is 19.4. The zero-order chi connectivity index (χ0) is 20.5. The summed E-state index contributed by atoms with van der Waals surface area (Å²) >= 11 is 0. The van der Waals surface area contributed by atoms with E-state index in [4.69, 9.17) is 0 Å². The Bertz CT molecular complexity index is 782. The molecule has 28 heavy (non-hydrogen) atoms. The number of amides is 2. The van der Waals surface area contributed by atoms with Crippen LogP contribution in [0.15, 0.2) is 24.3 Å². The van der Waals surface area contributed by atoms with Crippen LogP contribution in [0.25, 0.3) is 0 Å². The van der Waals surface area contributed by atoms with Crippen molar-refractivity contribution in [1.29, 1.82) is 0 Å². The summed E-state index contributed by atoms with van der Waals surface area (Å²) in [6, 6.07) is 4.27. The molecule has 1 aliphatic carbocycles. The van der Waals surface area contributed by atoms with Gasteiger partial charge < -0.3 is 14.9 Å². The van der Waals surface area contributed by atoms with E-state index in [1.54, 1.807) is 0 Å². The summed E-state index contributed by atoms with van der Waals surface area (Å²) in [5.74, 6) is -1.72. The average Bonchev–Trinajstić information content (AvgIpc) is 2.63. The smallest absolute Gasteiger partial charge is 0.416 e. The Morgan fingerprint density at radius 3 is 2.14 bits per heavy atom. The molecule has 9 heteroatoms. The van der Waals surface area contributed by atoms with E-state index in [0.29, 0.717) is 12.8 Å². The molecule has 6 nitrogen and oxygen atoms in total. The molecule has 3 rings (SSSR count). The number of piperazine rings is 1. The fraction of sp³-hybridized carbons (Fsp3) is 0.526. The highest BCUT2D eigenvalue weighted by Gasteiger charge is 2.46. The standard InChI is InChI=1S/C19H21F3N2O4/c20-19(21,22)14-4-1-3-13(11-14)16(26)24-9-7-23(8-10-24)15(25)12-18(17(27)28)5-2-6-18/h1,3-4,11H,2,5-10,12H2,(H,27,28). The topological polar surface area (TPSA) is 77.9 Å². The van der Waals surface area contributed by atoms with Gasteiger partial charge in [-0.05, 0) is 31.0 Å². The number of carboxylic acids is 1. The van der Waals surface area contributed by atoms with Crippen LogP contribution in [-0.4, -0.2) is 58.9 Å². The zero-order valence-corrected chi connectivity index (χ0v) is 15.2. The molecule has 1 heterocycles. The number of halogens is 3. The van der Waals surface area contributed by atoms with Crippen LogP contribution in [0.3, 0.4) is 0 Å². The van der Waals surface area contributed by atoms with Gasteiger partial charge in [-0.25, -0.2) is 0 Å². The fourth-order valence-corrected chi connectivity index (χ4v) is 3.64. The van der Waals surface area contributed by atoms with Gasteiger partial charge >= 0.3 is 12.1 Å². The molecule has 1 saturated carbocycles. The maximum absolute atomic E-state index is 12.8. The Morgan fingerprint density at radius 2 is 1.64 bits per heavy atom. The average molecular weight is 398 g/mol. The second-order valence-corrected chi connectivity index (χ2v) is 7.37. The molecule has 1 aromatic rings. The summed E-state index contributed by atoms with van der Waals surface area (Å²) in [6.45, 7) is 0.861. The van der Waals surface area contributed by atoms with Crippen LogP contribution >= 0.6 is 0 Å². The molecular weight excluding hydrogens is 377 g/mol. The lowest BCUT2D eigenvalue weighted by molar-refractivity contribution is -0.159. The van der Waals surface area contributed by atoms with Crippen LogP contribution in [0.4, 0.5) is 13.2 Å². The number of carbonyl (C=O) groups excluding carboxylic acids is 2. The van der Waals surface area contributed by atoms with Gasteiger partial charge in [0.2, 0.25) is 5.91 Å².